The number of carbonyl (C=O) groups excluding carboxylic acids is 2. The summed E-state index contributed by atoms with van der Waals surface area (Å²) in [7, 11) is 0. The topological polar surface area (TPSA) is 37.4 Å². The third-order valence-corrected chi connectivity index (χ3v) is 5.67. The number of ketones is 1. The molecule has 1 aliphatic heterocycles. The molecule has 3 aromatic carbocycles. The third-order valence-electron chi connectivity index (χ3n) is 5.67. The Labute approximate surface area is 172 Å². The smallest absolute Gasteiger partial charge is 0.254 e. The van der Waals surface area contributed by atoms with Crippen molar-refractivity contribution in [1.29, 1.82) is 0 Å². The Morgan fingerprint density at radius 1 is 0.724 bits per heavy atom. The SMILES string of the molecule is O=C(c1ccccc1)c1ccccc1C(=O)N1CCCCC(c2ccccc2)C1. The Hall–Kier alpha value is -3.20. The molecular formula is C26H25NO2. The van der Waals surface area contributed by atoms with Gasteiger partial charge in [0.05, 0.1) is 5.56 Å². The fourth-order valence-electron chi connectivity index (χ4n) is 4.11. The Bertz CT molecular complexity index is 982. The lowest BCUT2D eigenvalue weighted by Gasteiger charge is -2.25. The van der Waals surface area contributed by atoms with Gasteiger partial charge < -0.3 is 4.90 Å². The molecule has 0 N–H and O–H groups in total. The van der Waals surface area contributed by atoms with E-state index in [1.165, 1.54) is 5.56 Å². The van der Waals surface area contributed by atoms with Crippen LogP contribution in [0.2, 0.25) is 0 Å². The summed E-state index contributed by atoms with van der Waals surface area (Å²) in [5.41, 5.74) is 2.85. The van der Waals surface area contributed by atoms with Gasteiger partial charge in [0.15, 0.2) is 5.78 Å². The number of benzene rings is 3. The first-order chi connectivity index (χ1) is 14.2. The van der Waals surface area contributed by atoms with Crippen LogP contribution in [0.5, 0.6) is 0 Å². The van der Waals surface area contributed by atoms with Crippen LogP contribution in [-0.2, 0) is 0 Å². The highest BCUT2D eigenvalue weighted by atomic mass is 16.2. The Balaban J connectivity index is 1.61. The van der Waals surface area contributed by atoms with Crippen LogP contribution in [0, 0.1) is 0 Å². The van der Waals surface area contributed by atoms with Crippen LogP contribution in [0.4, 0.5) is 0 Å². The molecule has 3 nitrogen and oxygen atoms in total. The summed E-state index contributed by atoms with van der Waals surface area (Å²) >= 11 is 0. The van der Waals surface area contributed by atoms with Gasteiger partial charge in [-0.05, 0) is 24.5 Å². The molecule has 146 valence electrons. The number of carbonyl (C=O) groups is 2. The van der Waals surface area contributed by atoms with E-state index in [4.69, 9.17) is 0 Å². The van der Waals surface area contributed by atoms with Crippen molar-refractivity contribution in [3.63, 3.8) is 0 Å². The summed E-state index contributed by atoms with van der Waals surface area (Å²) in [5.74, 6) is 0.177. The first-order valence-corrected chi connectivity index (χ1v) is 10.3. The molecule has 0 bridgehead atoms. The maximum atomic E-state index is 13.5. The summed E-state index contributed by atoms with van der Waals surface area (Å²) in [6, 6.07) is 26.8. The van der Waals surface area contributed by atoms with Crippen LogP contribution in [-0.4, -0.2) is 29.7 Å². The second kappa shape index (κ2) is 8.87. The zero-order valence-electron chi connectivity index (χ0n) is 16.5. The Morgan fingerprint density at radius 2 is 1.34 bits per heavy atom. The minimum atomic E-state index is -0.107. The van der Waals surface area contributed by atoms with Gasteiger partial charge in [0.25, 0.3) is 5.91 Å². The predicted octanol–water partition coefficient (Wildman–Crippen LogP) is 5.33. The van der Waals surface area contributed by atoms with Crippen LogP contribution >= 0.6 is 0 Å². The molecule has 1 atom stereocenters. The summed E-state index contributed by atoms with van der Waals surface area (Å²) in [6.45, 7) is 1.42. The normalized spacial score (nSPS) is 16.8. The molecule has 1 amide bonds. The van der Waals surface area contributed by atoms with Crippen LogP contribution in [0.15, 0.2) is 84.9 Å². The van der Waals surface area contributed by atoms with E-state index in [9.17, 15) is 9.59 Å². The highest BCUT2D eigenvalue weighted by molar-refractivity contribution is 6.15. The maximum Gasteiger partial charge on any atom is 0.254 e. The van der Waals surface area contributed by atoms with Gasteiger partial charge in [0, 0.05) is 30.1 Å². The Morgan fingerprint density at radius 3 is 2.07 bits per heavy atom. The molecule has 0 aromatic heterocycles. The number of hydrogen-bond donors (Lipinski definition) is 0. The lowest BCUT2D eigenvalue weighted by Crippen LogP contribution is -2.35. The minimum Gasteiger partial charge on any atom is -0.338 e. The third kappa shape index (κ3) is 4.29. The lowest BCUT2D eigenvalue weighted by atomic mass is 9.94. The largest absolute Gasteiger partial charge is 0.338 e. The second-order valence-electron chi connectivity index (χ2n) is 7.60. The molecule has 0 aliphatic carbocycles. The summed E-state index contributed by atoms with van der Waals surface area (Å²) in [4.78, 5) is 28.4. The molecule has 29 heavy (non-hydrogen) atoms. The zero-order chi connectivity index (χ0) is 20.1. The summed E-state index contributed by atoms with van der Waals surface area (Å²) in [6.07, 6.45) is 3.18. The molecule has 4 rings (SSSR count). The van der Waals surface area contributed by atoms with E-state index in [1.54, 1.807) is 24.3 Å². The molecule has 1 fully saturated rings. The van der Waals surface area contributed by atoms with Crippen molar-refractivity contribution in [2.75, 3.05) is 13.1 Å². The van der Waals surface area contributed by atoms with Gasteiger partial charge in [0.1, 0.15) is 0 Å². The van der Waals surface area contributed by atoms with Crippen molar-refractivity contribution in [2.24, 2.45) is 0 Å². The van der Waals surface area contributed by atoms with Gasteiger partial charge in [-0.1, -0.05) is 85.3 Å². The quantitative estimate of drug-likeness (QED) is 0.571. The van der Waals surface area contributed by atoms with Crippen LogP contribution in [0.3, 0.4) is 0 Å². The van der Waals surface area contributed by atoms with Crippen molar-refractivity contribution < 1.29 is 9.59 Å². The summed E-state index contributed by atoms with van der Waals surface area (Å²) < 4.78 is 0. The molecule has 1 unspecified atom stereocenters. The van der Waals surface area contributed by atoms with Gasteiger partial charge in [-0.2, -0.15) is 0 Å². The molecule has 3 aromatic rings. The van der Waals surface area contributed by atoms with Crippen molar-refractivity contribution in [3.8, 4) is 0 Å². The molecule has 0 saturated carbocycles. The van der Waals surface area contributed by atoms with Gasteiger partial charge in [-0.25, -0.2) is 0 Å². The molecule has 1 heterocycles. The number of nitrogens with zero attached hydrogens (tertiary/aromatic N) is 1. The summed E-state index contributed by atoms with van der Waals surface area (Å²) in [5, 5.41) is 0. The Kier molecular flexibility index (Phi) is 5.85. The van der Waals surface area contributed by atoms with E-state index in [1.807, 2.05) is 41.3 Å². The molecular weight excluding hydrogens is 358 g/mol. The second-order valence-corrected chi connectivity index (χ2v) is 7.60. The zero-order valence-corrected chi connectivity index (χ0v) is 16.5. The van der Waals surface area contributed by atoms with Crippen molar-refractivity contribution in [2.45, 2.75) is 25.2 Å². The fraction of sp³-hybridized carbons (Fsp3) is 0.231. The monoisotopic (exact) mass is 383 g/mol. The van der Waals surface area contributed by atoms with E-state index in [-0.39, 0.29) is 11.7 Å². The van der Waals surface area contributed by atoms with E-state index < -0.39 is 0 Å². The number of likely N-dealkylation sites (tertiary alicyclic amines) is 1. The number of amides is 1. The molecule has 1 saturated heterocycles. The van der Waals surface area contributed by atoms with Gasteiger partial charge in [-0.15, -0.1) is 0 Å². The molecule has 3 heteroatoms. The van der Waals surface area contributed by atoms with E-state index >= 15 is 0 Å². The van der Waals surface area contributed by atoms with E-state index in [0.717, 1.165) is 25.8 Å². The fourth-order valence-corrected chi connectivity index (χ4v) is 4.11. The first kappa shape index (κ1) is 19.1. The van der Waals surface area contributed by atoms with Crippen LogP contribution in [0.25, 0.3) is 0 Å². The standard InChI is InChI=1S/C26H25NO2/c28-25(21-13-5-2-6-14-21)23-16-7-8-17-24(23)26(29)27-18-10-9-15-22(19-27)20-11-3-1-4-12-20/h1-8,11-14,16-17,22H,9-10,15,18-19H2. The highest BCUT2D eigenvalue weighted by Crippen LogP contribution is 2.28. The van der Waals surface area contributed by atoms with Gasteiger partial charge in [-0.3, -0.25) is 9.59 Å². The molecule has 1 aliphatic rings. The molecule has 0 radical (unpaired) electrons. The first-order valence-electron chi connectivity index (χ1n) is 10.3. The van der Waals surface area contributed by atoms with E-state index in [2.05, 4.69) is 24.3 Å². The lowest BCUT2D eigenvalue weighted by molar-refractivity contribution is 0.0750. The van der Waals surface area contributed by atoms with Gasteiger partial charge in [0.2, 0.25) is 0 Å². The van der Waals surface area contributed by atoms with Crippen molar-refractivity contribution >= 4 is 11.7 Å². The number of hydrogen-bond acceptors (Lipinski definition) is 2. The van der Waals surface area contributed by atoms with Crippen LogP contribution in [0.1, 0.15) is 57.0 Å². The average molecular weight is 383 g/mol. The van der Waals surface area contributed by atoms with Crippen molar-refractivity contribution in [3.05, 3.63) is 107 Å². The van der Waals surface area contributed by atoms with Crippen molar-refractivity contribution in [1.82, 2.24) is 4.90 Å². The highest BCUT2D eigenvalue weighted by Gasteiger charge is 2.26. The number of rotatable bonds is 4. The predicted molar refractivity (Wildman–Crippen MR) is 115 cm³/mol. The van der Waals surface area contributed by atoms with Crippen LogP contribution < -0.4 is 0 Å². The molecule has 0 spiro atoms. The average Bonchev–Trinajstić information content (AvgIpc) is 3.06. The van der Waals surface area contributed by atoms with E-state index in [0.29, 0.717) is 29.2 Å². The minimum absolute atomic E-state index is 0.0484. The van der Waals surface area contributed by atoms with Gasteiger partial charge >= 0.3 is 0 Å². The maximum absolute atomic E-state index is 13.5.